The van der Waals surface area contributed by atoms with Crippen molar-refractivity contribution in [3.05, 3.63) is 35.9 Å². The van der Waals surface area contributed by atoms with Crippen molar-refractivity contribution in [2.45, 2.75) is 49.8 Å². The predicted molar refractivity (Wildman–Crippen MR) is 71.2 cm³/mol. The second kappa shape index (κ2) is 6.01. The van der Waals surface area contributed by atoms with E-state index in [9.17, 15) is 8.78 Å². The predicted octanol–water partition coefficient (Wildman–Crippen LogP) is 5.57. The van der Waals surface area contributed by atoms with Crippen LogP contribution in [0.1, 0.15) is 49.5 Å². The van der Waals surface area contributed by atoms with E-state index >= 15 is 0 Å². The Balaban J connectivity index is 1.70. The molecule has 1 fully saturated rings. The van der Waals surface area contributed by atoms with Crippen molar-refractivity contribution >= 4 is 11.6 Å². The Hall–Kier alpha value is -0.630. The molecule has 1 aliphatic carbocycles. The molecule has 0 saturated heterocycles. The Morgan fingerprint density at radius 1 is 1.28 bits per heavy atom. The number of halogens is 3. The van der Waals surface area contributed by atoms with Gasteiger partial charge in [0.15, 0.2) is 0 Å². The molecule has 1 aromatic rings. The number of alkyl halides is 3. The molecule has 100 valence electrons. The summed E-state index contributed by atoms with van der Waals surface area (Å²) in [6.45, 7) is 0. The first-order valence-electron chi connectivity index (χ1n) is 6.64. The lowest BCUT2D eigenvalue weighted by Gasteiger charge is -2.13. The first-order chi connectivity index (χ1) is 8.57. The highest BCUT2D eigenvalue weighted by atomic mass is 35.5. The molecule has 18 heavy (non-hydrogen) atoms. The highest BCUT2D eigenvalue weighted by Gasteiger charge is 2.38. The van der Waals surface area contributed by atoms with Crippen molar-refractivity contribution in [3.8, 4) is 0 Å². The lowest BCUT2D eigenvalue weighted by Crippen LogP contribution is -2.09. The van der Waals surface area contributed by atoms with E-state index in [-0.39, 0.29) is 24.1 Å². The third-order valence-electron chi connectivity index (χ3n) is 3.74. The van der Waals surface area contributed by atoms with Gasteiger partial charge >= 0.3 is 0 Å². The van der Waals surface area contributed by atoms with Gasteiger partial charge in [-0.15, -0.1) is 11.6 Å². The zero-order valence-electron chi connectivity index (χ0n) is 10.4. The van der Waals surface area contributed by atoms with Crippen LogP contribution in [0.2, 0.25) is 0 Å². The van der Waals surface area contributed by atoms with Gasteiger partial charge in [0.25, 0.3) is 0 Å². The fraction of sp³-hybridized carbons (Fsp3) is 0.600. The summed E-state index contributed by atoms with van der Waals surface area (Å²) in [6, 6.07) is 9.95. The number of rotatable bonds is 5. The minimum Gasteiger partial charge on any atom is -0.207 e. The quantitative estimate of drug-likeness (QED) is 0.615. The van der Waals surface area contributed by atoms with Crippen molar-refractivity contribution in [1.29, 1.82) is 0 Å². The summed E-state index contributed by atoms with van der Waals surface area (Å²) in [5.74, 6) is -2.22. The van der Waals surface area contributed by atoms with Crippen LogP contribution in [0.25, 0.3) is 0 Å². The molecule has 0 bridgehead atoms. The number of benzene rings is 1. The summed E-state index contributed by atoms with van der Waals surface area (Å²) in [5.41, 5.74) is 1.12. The molecule has 0 N–H and O–H groups in total. The highest BCUT2D eigenvalue weighted by molar-refractivity contribution is 6.20. The second-order valence-electron chi connectivity index (χ2n) is 5.27. The van der Waals surface area contributed by atoms with Gasteiger partial charge in [0.2, 0.25) is 5.92 Å². The SMILES string of the molecule is FC1(F)CCC(CCCC(Cl)c2ccccc2)C1. The molecule has 0 spiro atoms. The van der Waals surface area contributed by atoms with E-state index in [0.29, 0.717) is 6.42 Å². The molecular weight excluding hydrogens is 254 g/mol. The summed E-state index contributed by atoms with van der Waals surface area (Å²) in [5, 5.41) is 0.00751. The molecule has 1 aromatic carbocycles. The van der Waals surface area contributed by atoms with Crippen molar-refractivity contribution < 1.29 is 8.78 Å². The van der Waals surface area contributed by atoms with Gasteiger partial charge in [0.05, 0.1) is 5.38 Å². The van der Waals surface area contributed by atoms with E-state index in [1.165, 1.54) is 0 Å². The summed E-state index contributed by atoms with van der Waals surface area (Å²) >= 11 is 6.30. The second-order valence-corrected chi connectivity index (χ2v) is 5.80. The fourth-order valence-corrected chi connectivity index (χ4v) is 3.00. The van der Waals surface area contributed by atoms with Crippen LogP contribution >= 0.6 is 11.6 Å². The molecule has 2 rings (SSSR count). The normalized spacial score (nSPS) is 24.1. The van der Waals surface area contributed by atoms with Crippen LogP contribution in [0, 0.1) is 5.92 Å². The fourth-order valence-electron chi connectivity index (χ4n) is 2.70. The largest absolute Gasteiger partial charge is 0.248 e. The van der Waals surface area contributed by atoms with Crippen LogP contribution in [-0.2, 0) is 0 Å². The Morgan fingerprint density at radius 3 is 2.61 bits per heavy atom. The molecule has 2 atom stereocenters. The molecule has 1 aliphatic rings. The molecule has 3 heteroatoms. The highest BCUT2D eigenvalue weighted by Crippen LogP contribution is 2.41. The van der Waals surface area contributed by atoms with Crippen LogP contribution in [0.4, 0.5) is 8.78 Å². The molecule has 2 unspecified atom stereocenters. The van der Waals surface area contributed by atoms with E-state index in [1.54, 1.807) is 0 Å². The van der Waals surface area contributed by atoms with Crippen molar-refractivity contribution in [1.82, 2.24) is 0 Å². The third-order valence-corrected chi connectivity index (χ3v) is 4.21. The van der Waals surface area contributed by atoms with Gasteiger partial charge in [-0.2, -0.15) is 0 Å². The molecule has 0 amide bonds. The van der Waals surface area contributed by atoms with Crippen LogP contribution in [-0.4, -0.2) is 5.92 Å². The van der Waals surface area contributed by atoms with Gasteiger partial charge in [-0.25, -0.2) is 8.78 Å². The minimum absolute atomic E-state index is 0.00751. The Morgan fingerprint density at radius 2 is 2.00 bits per heavy atom. The molecular formula is C15H19ClF2. The maximum atomic E-state index is 13.0. The molecule has 0 radical (unpaired) electrons. The Bertz CT molecular complexity index is 364. The van der Waals surface area contributed by atoms with Gasteiger partial charge in [0.1, 0.15) is 0 Å². The zero-order valence-corrected chi connectivity index (χ0v) is 11.2. The van der Waals surface area contributed by atoms with Crippen LogP contribution in [0.15, 0.2) is 30.3 Å². The van der Waals surface area contributed by atoms with E-state index in [0.717, 1.165) is 24.8 Å². The van der Waals surface area contributed by atoms with E-state index in [4.69, 9.17) is 11.6 Å². The Labute approximate surface area is 112 Å². The van der Waals surface area contributed by atoms with E-state index in [2.05, 4.69) is 0 Å². The van der Waals surface area contributed by atoms with E-state index in [1.807, 2.05) is 30.3 Å². The third kappa shape index (κ3) is 3.94. The minimum atomic E-state index is -2.41. The van der Waals surface area contributed by atoms with E-state index < -0.39 is 5.92 Å². The summed E-state index contributed by atoms with van der Waals surface area (Å²) in [4.78, 5) is 0. The van der Waals surface area contributed by atoms with Gasteiger partial charge in [-0.05, 0) is 24.3 Å². The number of hydrogen-bond acceptors (Lipinski definition) is 0. The molecule has 0 aliphatic heterocycles. The summed E-state index contributed by atoms with van der Waals surface area (Å²) in [6.07, 6.45) is 3.50. The monoisotopic (exact) mass is 272 g/mol. The number of hydrogen-bond donors (Lipinski definition) is 0. The molecule has 1 saturated carbocycles. The average Bonchev–Trinajstić information content (AvgIpc) is 2.70. The van der Waals surface area contributed by atoms with Crippen LogP contribution in [0.3, 0.4) is 0 Å². The van der Waals surface area contributed by atoms with Gasteiger partial charge < -0.3 is 0 Å². The maximum absolute atomic E-state index is 13.0. The lowest BCUT2D eigenvalue weighted by molar-refractivity contribution is 0.00463. The smallest absolute Gasteiger partial charge is 0.207 e. The van der Waals surface area contributed by atoms with Crippen molar-refractivity contribution in [3.63, 3.8) is 0 Å². The topological polar surface area (TPSA) is 0 Å². The summed E-state index contributed by atoms with van der Waals surface area (Å²) in [7, 11) is 0. The van der Waals surface area contributed by atoms with Gasteiger partial charge in [0, 0.05) is 12.8 Å². The Kier molecular flexibility index (Phi) is 4.60. The summed E-state index contributed by atoms with van der Waals surface area (Å²) < 4.78 is 26.0. The van der Waals surface area contributed by atoms with Crippen LogP contribution in [0.5, 0.6) is 0 Å². The first kappa shape index (κ1) is 13.8. The standard InChI is InChI=1S/C15H19ClF2/c16-14(13-6-2-1-3-7-13)8-4-5-12-9-10-15(17,18)11-12/h1-3,6-7,12,14H,4-5,8-11H2. The first-order valence-corrected chi connectivity index (χ1v) is 7.07. The van der Waals surface area contributed by atoms with Crippen molar-refractivity contribution in [2.75, 3.05) is 0 Å². The average molecular weight is 273 g/mol. The molecule has 0 aromatic heterocycles. The van der Waals surface area contributed by atoms with Crippen LogP contribution < -0.4 is 0 Å². The van der Waals surface area contributed by atoms with Crippen molar-refractivity contribution in [2.24, 2.45) is 5.92 Å². The zero-order chi connectivity index (χ0) is 13.0. The van der Waals surface area contributed by atoms with Gasteiger partial charge in [-0.1, -0.05) is 43.2 Å². The lowest BCUT2D eigenvalue weighted by atomic mass is 9.98. The molecule has 0 heterocycles. The maximum Gasteiger partial charge on any atom is 0.248 e. The molecule has 0 nitrogen and oxygen atoms in total. The van der Waals surface area contributed by atoms with Gasteiger partial charge in [-0.3, -0.25) is 0 Å².